The summed E-state index contributed by atoms with van der Waals surface area (Å²) in [7, 11) is 1.59. The van der Waals surface area contributed by atoms with Crippen molar-refractivity contribution in [3.05, 3.63) is 42.6 Å². The Balaban J connectivity index is 1.80. The molecule has 2 aromatic carbocycles. The molecule has 2 heterocycles. The number of benzene rings is 2. The average molecular weight is 327 g/mol. The summed E-state index contributed by atoms with van der Waals surface area (Å²) in [5.41, 5.74) is 2.61. The van der Waals surface area contributed by atoms with Gasteiger partial charge in [0.25, 0.3) is 0 Å². The molecule has 0 atom stereocenters. The van der Waals surface area contributed by atoms with E-state index in [9.17, 15) is 0 Å². The molecule has 0 bridgehead atoms. The van der Waals surface area contributed by atoms with Crippen LogP contribution in [0.15, 0.2) is 42.6 Å². The van der Waals surface area contributed by atoms with E-state index >= 15 is 0 Å². The maximum atomic E-state index is 5.48. The van der Waals surface area contributed by atoms with Gasteiger partial charge in [0.05, 0.1) is 7.11 Å². The zero-order valence-electron chi connectivity index (χ0n) is 12.9. The number of rotatable bonds is 4. The maximum Gasteiger partial charge on any atom is 0.231 e. The summed E-state index contributed by atoms with van der Waals surface area (Å²) in [4.78, 5) is 4.70. The third-order valence-electron chi connectivity index (χ3n) is 3.77. The van der Waals surface area contributed by atoms with Crippen LogP contribution < -0.4 is 29.6 Å². The van der Waals surface area contributed by atoms with Gasteiger partial charge in [-0.05, 0) is 24.3 Å². The van der Waals surface area contributed by atoms with Crippen molar-refractivity contribution in [2.24, 2.45) is 5.90 Å². The molecular weight excluding hydrogens is 312 g/mol. The first-order chi connectivity index (χ1) is 11.8. The normalized spacial score (nSPS) is 12.2. The fourth-order valence-electron chi connectivity index (χ4n) is 2.61. The summed E-state index contributed by atoms with van der Waals surface area (Å²) in [6.45, 7) is 0.177. The average Bonchev–Trinajstić information content (AvgIpc) is 3.29. The van der Waals surface area contributed by atoms with Gasteiger partial charge in [-0.1, -0.05) is 5.21 Å². The number of nitrogens with zero attached hydrogens (tertiary/aromatic N) is 2. The summed E-state index contributed by atoms with van der Waals surface area (Å²) < 4.78 is 18.1. The lowest BCUT2D eigenvalue weighted by Crippen LogP contribution is -2.34. The summed E-state index contributed by atoms with van der Waals surface area (Å²) in [6.07, 6.45) is 1.73. The molecule has 0 spiro atoms. The lowest BCUT2D eigenvalue weighted by Gasteiger charge is -2.07. The van der Waals surface area contributed by atoms with Crippen LogP contribution in [0.25, 0.3) is 16.9 Å². The Morgan fingerprint density at radius 1 is 1.21 bits per heavy atom. The molecule has 24 heavy (non-hydrogen) atoms. The van der Waals surface area contributed by atoms with Gasteiger partial charge in [0.2, 0.25) is 24.4 Å². The number of nitrogens with two attached hydrogens (primary N) is 1. The second-order valence-electron chi connectivity index (χ2n) is 5.10. The van der Waals surface area contributed by atoms with Crippen LogP contribution in [-0.4, -0.2) is 24.2 Å². The molecule has 1 aliphatic rings. The minimum atomic E-state index is 0.177. The van der Waals surface area contributed by atoms with Crippen molar-refractivity contribution in [1.82, 2.24) is 10.3 Å². The molecule has 0 radical (unpaired) electrons. The highest BCUT2D eigenvalue weighted by atomic mass is 16.7. The number of ether oxygens (including phenoxy) is 3. The van der Waals surface area contributed by atoms with Crippen LogP contribution >= 0.6 is 0 Å². The smallest absolute Gasteiger partial charge is 0.231 e. The van der Waals surface area contributed by atoms with Crippen LogP contribution in [0.2, 0.25) is 0 Å². The SMILES string of the molecule is COc1cc(-[n+]2[nH]ncc2-c2ccc(ON)cc2)cc2c1OCO2. The predicted molar refractivity (Wildman–Crippen MR) is 83.0 cm³/mol. The minimum Gasteiger partial charge on any atom is -0.493 e. The van der Waals surface area contributed by atoms with Crippen LogP contribution in [0, 0.1) is 0 Å². The molecule has 8 heteroatoms. The van der Waals surface area contributed by atoms with Gasteiger partial charge in [-0.3, -0.25) is 0 Å². The highest BCUT2D eigenvalue weighted by Gasteiger charge is 2.24. The Bertz CT molecular complexity index is 876. The van der Waals surface area contributed by atoms with Gasteiger partial charge in [-0.25, -0.2) is 0 Å². The van der Waals surface area contributed by atoms with Gasteiger partial charge in [-0.2, -0.15) is 5.90 Å². The first kappa shape index (κ1) is 14.3. The van der Waals surface area contributed by atoms with Gasteiger partial charge >= 0.3 is 0 Å². The molecular formula is C16H15N4O4+. The molecule has 0 unspecified atom stereocenters. The highest BCUT2D eigenvalue weighted by molar-refractivity contribution is 5.60. The van der Waals surface area contributed by atoms with E-state index in [0.717, 1.165) is 16.9 Å². The van der Waals surface area contributed by atoms with E-state index in [2.05, 4.69) is 10.3 Å². The van der Waals surface area contributed by atoms with Gasteiger partial charge in [0.15, 0.2) is 17.2 Å². The molecule has 4 rings (SSSR count). The fourth-order valence-corrected chi connectivity index (χ4v) is 2.61. The van der Waals surface area contributed by atoms with E-state index in [1.807, 2.05) is 28.9 Å². The number of nitrogens with one attached hydrogen (secondary N) is 1. The topological polar surface area (TPSA) is 95.5 Å². The number of fused-ring (bicyclic) bond motifs is 1. The molecule has 1 aliphatic heterocycles. The fraction of sp³-hybridized carbons (Fsp3) is 0.125. The van der Waals surface area contributed by atoms with Gasteiger partial charge in [-0.15, -0.1) is 4.68 Å². The molecule has 3 N–H and O–H groups in total. The van der Waals surface area contributed by atoms with Crippen LogP contribution in [0.4, 0.5) is 0 Å². The highest BCUT2D eigenvalue weighted by Crippen LogP contribution is 2.42. The number of aromatic amines is 1. The van der Waals surface area contributed by atoms with Crippen molar-refractivity contribution < 1.29 is 23.7 Å². The minimum absolute atomic E-state index is 0.177. The van der Waals surface area contributed by atoms with Gasteiger partial charge < -0.3 is 19.0 Å². The van der Waals surface area contributed by atoms with Crippen molar-refractivity contribution >= 4 is 0 Å². The molecule has 3 aromatic rings. The van der Waals surface area contributed by atoms with Crippen molar-refractivity contribution in [2.45, 2.75) is 0 Å². The Labute approximate surface area is 137 Å². The van der Waals surface area contributed by atoms with E-state index in [1.165, 1.54) is 0 Å². The second kappa shape index (κ2) is 5.74. The van der Waals surface area contributed by atoms with Crippen molar-refractivity contribution in [2.75, 3.05) is 13.9 Å². The third-order valence-corrected chi connectivity index (χ3v) is 3.77. The first-order valence-corrected chi connectivity index (χ1v) is 7.21. The van der Waals surface area contributed by atoms with E-state index in [0.29, 0.717) is 23.0 Å². The summed E-state index contributed by atoms with van der Waals surface area (Å²) in [5.74, 6) is 7.57. The molecule has 8 nitrogen and oxygen atoms in total. The molecule has 1 aromatic heterocycles. The van der Waals surface area contributed by atoms with Crippen molar-refractivity contribution in [1.29, 1.82) is 0 Å². The van der Waals surface area contributed by atoms with Crippen molar-refractivity contribution in [3.8, 4) is 39.9 Å². The lowest BCUT2D eigenvalue weighted by molar-refractivity contribution is -0.648. The van der Waals surface area contributed by atoms with Crippen LogP contribution in [0.3, 0.4) is 0 Å². The van der Waals surface area contributed by atoms with Crippen molar-refractivity contribution in [3.63, 3.8) is 0 Å². The summed E-state index contributed by atoms with van der Waals surface area (Å²) >= 11 is 0. The number of H-pyrrole nitrogens is 1. The standard InChI is InChI=1S/C16H14N4O4/c1-21-14-6-11(7-15-16(14)23-9-22-15)20-13(8-18-19-20)10-2-4-12(24-17)5-3-10/h2-8H,9,17H2,1H3/p+1. The molecule has 0 saturated carbocycles. The number of hydrogen-bond acceptors (Lipinski definition) is 6. The number of aromatic nitrogens is 3. The van der Waals surface area contributed by atoms with E-state index < -0.39 is 0 Å². The zero-order valence-corrected chi connectivity index (χ0v) is 12.9. The largest absolute Gasteiger partial charge is 0.493 e. The van der Waals surface area contributed by atoms with E-state index in [4.69, 9.17) is 24.9 Å². The zero-order chi connectivity index (χ0) is 16.5. The van der Waals surface area contributed by atoms with E-state index in [1.54, 1.807) is 25.4 Å². The van der Waals surface area contributed by atoms with Crippen LogP contribution in [-0.2, 0) is 0 Å². The van der Waals surface area contributed by atoms with Gasteiger partial charge in [0.1, 0.15) is 5.75 Å². The molecule has 0 aliphatic carbocycles. The lowest BCUT2D eigenvalue weighted by atomic mass is 10.1. The quantitative estimate of drug-likeness (QED) is 0.555. The summed E-state index contributed by atoms with van der Waals surface area (Å²) in [5, 5.41) is 7.09. The molecule has 0 fully saturated rings. The Morgan fingerprint density at radius 2 is 2.04 bits per heavy atom. The predicted octanol–water partition coefficient (Wildman–Crippen LogP) is 1.34. The third kappa shape index (κ3) is 2.29. The Morgan fingerprint density at radius 3 is 2.79 bits per heavy atom. The van der Waals surface area contributed by atoms with Crippen LogP contribution in [0.1, 0.15) is 0 Å². The molecule has 0 saturated heterocycles. The number of hydrogen-bond donors (Lipinski definition) is 2. The van der Waals surface area contributed by atoms with Gasteiger partial charge in [0, 0.05) is 22.8 Å². The summed E-state index contributed by atoms with van der Waals surface area (Å²) in [6, 6.07) is 11.1. The Hall–Kier alpha value is -3.26. The first-order valence-electron chi connectivity index (χ1n) is 7.21. The number of methoxy groups -OCH3 is 1. The maximum absolute atomic E-state index is 5.48. The molecule has 122 valence electrons. The monoisotopic (exact) mass is 327 g/mol. The van der Waals surface area contributed by atoms with E-state index in [-0.39, 0.29) is 6.79 Å². The molecule has 0 amide bonds. The van der Waals surface area contributed by atoms with Crippen LogP contribution in [0.5, 0.6) is 23.0 Å². The Kier molecular flexibility index (Phi) is 3.43. The second-order valence-corrected chi connectivity index (χ2v) is 5.10.